The van der Waals surface area contributed by atoms with Crippen molar-refractivity contribution in [2.45, 2.75) is 58.5 Å². The van der Waals surface area contributed by atoms with Gasteiger partial charge in [0.1, 0.15) is 0 Å². The highest BCUT2D eigenvalue weighted by Gasteiger charge is 2.40. The first kappa shape index (κ1) is 16.5. The summed E-state index contributed by atoms with van der Waals surface area (Å²) in [5.41, 5.74) is 3.93. The summed E-state index contributed by atoms with van der Waals surface area (Å²) in [5.74, 6) is 0. The van der Waals surface area contributed by atoms with Gasteiger partial charge in [0.05, 0.1) is 10.5 Å². The van der Waals surface area contributed by atoms with E-state index in [1.165, 1.54) is 4.31 Å². The number of rotatable bonds is 2. The smallest absolute Gasteiger partial charge is 0.243 e. The summed E-state index contributed by atoms with van der Waals surface area (Å²) in [6, 6.07) is 0. The summed E-state index contributed by atoms with van der Waals surface area (Å²) in [5, 5.41) is 10.1. The third-order valence-electron chi connectivity index (χ3n) is 4.95. The molecule has 1 aromatic carbocycles. The van der Waals surface area contributed by atoms with Crippen molar-refractivity contribution in [2.75, 3.05) is 13.1 Å². The Bertz CT molecular complexity index is 661. The van der Waals surface area contributed by atoms with Crippen LogP contribution in [0.1, 0.15) is 41.2 Å². The lowest BCUT2D eigenvalue weighted by atomic mass is 9.95. The van der Waals surface area contributed by atoms with Crippen LogP contribution >= 0.6 is 0 Å². The number of sulfonamides is 1. The largest absolute Gasteiger partial charge is 0.389 e. The van der Waals surface area contributed by atoms with Gasteiger partial charge in [0, 0.05) is 13.1 Å². The molecule has 0 spiro atoms. The molecule has 1 N–H and O–H groups in total. The average molecular weight is 311 g/mol. The highest BCUT2D eigenvalue weighted by Crippen LogP contribution is 2.34. The molecule has 1 aliphatic heterocycles. The van der Waals surface area contributed by atoms with E-state index in [0.29, 0.717) is 17.9 Å². The summed E-state index contributed by atoms with van der Waals surface area (Å²) in [7, 11) is -3.56. The van der Waals surface area contributed by atoms with Crippen LogP contribution in [0.2, 0.25) is 0 Å². The fourth-order valence-corrected chi connectivity index (χ4v) is 5.21. The van der Waals surface area contributed by atoms with Gasteiger partial charge in [-0.2, -0.15) is 4.31 Å². The van der Waals surface area contributed by atoms with Crippen LogP contribution < -0.4 is 0 Å². The van der Waals surface area contributed by atoms with Crippen LogP contribution in [0.25, 0.3) is 0 Å². The van der Waals surface area contributed by atoms with Crippen molar-refractivity contribution in [3.05, 3.63) is 27.8 Å². The standard InChI is InChI=1S/C16H25NO3S/c1-10-11(2)13(4)15(14(5)12(10)3)21(19,20)17-8-7-16(6,18)9-17/h18H,7-9H2,1-6H3. The molecule has 0 saturated carbocycles. The first-order valence-corrected chi connectivity index (χ1v) is 8.72. The molecule has 2 rings (SSSR count). The summed E-state index contributed by atoms with van der Waals surface area (Å²) >= 11 is 0. The van der Waals surface area contributed by atoms with Crippen LogP contribution in [0.4, 0.5) is 0 Å². The van der Waals surface area contributed by atoms with Gasteiger partial charge >= 0.3 is 0 Å². The normalized spacial score (nSPS) is 23.8. The lowest BCUT2D eigenvalue weighted by Crippen LogP contribution is -2.34. The fraction of sp³-hybridized carbons (Fsp3) is 0.625. The van der Waals surface area contributed by atoms with Gasteiger partial charge in [0.2, 0.25) is 10.0 Å². The van der Waals surface area contributed by atoms with Crippen molar-refractivity contribution in [3.8, 4) is 0 Å². The van der Waals surface area contributed by atoms with Crippen molar-refractivity contribution in [2.24, 2.45) is 0 Å². The van der Waals surface area contributed by atoms with Crippen LogP contribution in [0.15, 0.2) is 4.90 Å². The molecule has 0 amide bonds. The van der Waals surface area contributed by atoms with Crippen molar-refractivity contribution < 1.29 is 13.5 Å². The minimum absolute atomic E-state index is 0.167. The molecule has 0 radical (unpaired) electrons. The highest BCUT2D eigenvalue weighted by atomic mass is 32.2. The van der Waals surface area contributed by atoms with Crippen LogP contribution in [0.3, 0.4) is 0 Å². The molecule has 21 heavy (non-hydrogen) atoms. The van der Waals surface area contributed by atoms with E-state index in [-0.39, 0.29) is 6.54 Å². The third-order valence-corrected chi connectivity index (χ3v) is 7.07. The maximum atomic E-state index is 13.0. The molecule has 1 fully saturated rings. The third kappa shape index (κ3) is 2.62. The van der Waals surface area contributed by atoms with Gasteiger partial charge in [-0.15, -0.1) is 0 Å². The molecule has 1 unspecified atom stereocenters. The lowest BCUT2D eigenvalue weighted by Gasteiger charge is -2.24. The number of hydrogen-bond donors (Lipinski definition) is 1. The molecule has 1 heterocycles. The van der Waals surface area contributed by atoms with E-state index >= 15 is 0 Å². The monoisotopic (exact) mass is 311 g/mol. The highest BCUT2D eigenvalue weighted by molar-refractivity contribution is 7.89. The van der Waals surface area contributed by atoms with Crippen LogP contribution in [-0.2, 0) is 10.0 Å². The Balaban J connectivity index is 2.62. The Labute approximate surface area is 127 Å². The number of nitrogens with zero attached hydrogens (tertiary/aromatic N) is 1. The van der Waals surface area contributed by atoms with Gasteiger partial charge in [-0.3, -0.25) is 0 Å². The second kappa shape index (κ2) is 5.07. The number of β-amino-alcohol motifs (C(OH)–C–C–N with tert-alkyl or cyclic N) is 1. The van der Waals surface area contributed by atoms with E-state index in [4.69, 9.17) is 0 Å². The Kier molecular flexibility index (Phi) is 3.98. The van der Waals surface area contributed by atoms with Gasteiger partial charge in [-0.25, -0.2) is 8.42 Å². The topological polar surface area (TPSA) is 57.6 Å². The molecule has 1 aromatic rings. The van der Waals surface area contributed by atoms with Crippen molar-refractivity contribution in [1.82, 2.24) is 4.31 Å². The summed E-state index contributed by atoms with van der Waals surface area (Å²) in [6.45, 7) is 11.9. The van der Waals surface area contributed by atoms with Crippen molar-refractivity contribution in [1.29, 1.82) is 0 Å². The van der Waals surface area contributed by atoms with Crippen LogP contribution in [-0.4, -0.2) is 36.5 Å². The molecule has 0 aromatic heterocycles. The molecular formula is C16H25NO3S. The number of aliphatic hydroxyl groups is 1. The Hall–Kier alpha value is -0.910. The maximum Gasteiger partial charge on any atom is 0.243 e. The molecule has 5 heteroatoms. The van der Waals surface area contributed by atoms with E-state index in [1.54, 1.807) is 6.92 Å². The first-order valence-electron chi connectivity index (χ1n) is 7.28. The van der Waals surface area contributed by atoms with Crippen LogP contribution in [0.5, 0.6) is 0 Å². The second-order valence-corrected chi connectivity index (χ2v) is 8.41. The van der Waals surface area contributed by atoms with Crippen molar-refractivity contribution >= 4 is 10.0 Å². The van der Waals surface area contributed by atoms with E-state index in [0.717, 1.165) is 27.8 Å². The zero-order chi connectivity index (χ0) is 16.2. The number of hydrogen-bond acceptors (Lipinski definition) is 3. The Morgan fingerprint density at radius 2 is 1.38 bits per heavy atom. The SMILES string of the molecule is Cc1c(C)c(C)c(S(=O)(=O)N2CCC(C)(O)C2)c(C)c1C. The second-order valence-electron chi connectivity index (χ2n) is 6.54. The van der Waals surface area contributed by atoms with Gasteiger partial charge in [-0.1, -0.05) is 0 Å². The maximum absolute atomic E-state index is 13.0. The zero-order valence-corrected chi connectivity index (χ0v) is 14.6. The van der Waals surface area contributed by atoms with Crippen molar-refractivity contribution in [3.63, 3.8) is 0 Å². The van der Waals surface area contributed by atoms with Gasteiger partial charge in [-0.05, 0) is 75.8 Å². The van der Waals surface area contributed by atoms with E-state index in [1.807, 2.05) is 34.6 Å². The molecule has 0 bridgehead atoms. The molecule has 4 nitrogen and oxygen atoms in total. The molecule has 118 valence electrons. The van der Waals surface area contributed by atoms with E-state index in [9.17, 15) is 13.5 Å². The zero-order valence-electron chi connectivity index (χ0n) is 13.7. The minimum atomic E-state index is -3.56. The fourth-order valence-electron chi connectivity index (χ4n) is 3.09. The Morgan fingerprint density at radius 1 is 0.952 bits per heavy atom. The molecule has 1 aliphatic rings. The summed E-state index contributed by atoms with van der Waals surface area (Å²) in [6.07, 6.45) is 0.480. The first-order chi connectivity index (χ1) is 9.49. The van der Waals surface area contributed by atoms with Gasteiger partial charge in [0.25, 0.3) is 0 Å². The lowest BCUT2D eigenvalue weighted by molar-refractivity contribution is 0.0762. The molecular weight excluding hydrogens is 286 g/mol. The molecule has 1 atom stereocenters. The summed E-state index contributed by atoms with van der Waals surface area (Å²) in [4.78, 5) is 0.417. The average Bonchev–Trinajstić information content (AvgIpc) is 2.75. The van der Waals surface area contributed by atoms with E-state index < -0.39 is 15.6 Å². The number of benzene rings is 1. The molecule has 0 aliphatic carbocycles. The van der Waals surface area contributed by atoms with Crippen LogP contribution in [0, 0.1) is 34.6 Å². The Morgan fingerprint density at radius 3 is 1.76 bits per heavy atom. The van der Waals surface area contributed by atoms with Gasteiger partial charge in [0.15, 0.2) is 0 Å². The summed E-state index contributed by atoms with van der Waals surface area (Å²) < 4.78 is 27.4. The minimum Gasteiger partial charge on any atom is -0.389 e. The predicted octanol–water partition coefficient (Wildman–Crippen LogP) is 2.37. The predicted molar refractivity (Wildman–Crippen MR) is 84.1 cm³/mol. The van der Waals surface area contributed by atoms with E-state index in [2.05, 4.69) is 0 Å². The van der Waals surface area contributed by atoms with Gasteiger partial charge < -0.3 is 5.11 Å². The quantitative estimate of drug-likeness (QED) is 0.912. The molecule has 1 saturated heterocycles.